The molecule has 0 spiro atoms. The van der Waals surface area contributed by atoms with Gasteiger partial charge in [-0.15, -0.1) is 0 Å². The van der Waals surface area contributed by atoms with E-state index in [9.17, 15) is 9.59 Å². The molecule has 0 radical (unpaired) electrons. The zero-order valence-electron chi connectivity index (χ0n) is 18.1. The summed E-state index contributed by atoms with van der Waals surface area (Å²) in [6.07, 6.45) is -0.703. The maximum atomic E-state index is 12.6. The van der Waals surface area contributed by atoms with Crippen LogP contribution in [0.3, 0.4) is 0 Å². The van der Waals surface area contributed by atoms with Gasteiger partial charge in [0.2, 0.25) is 0 Å². The summed E-state index contributed by atoms with van der Waals surface area (Å²) in [5.74, 6) is 0.724. The van der Waals surface area contributed by atoms with E-state index in [1.165, 1.54) is 0 Å². The van der Waals surface area contributed by atoms with E-state index in [2.05, 4.69) is 26.6 Å². The number of amides is 2. The molecule has 7 heteroatoms. The van der Waals surface area contributed by atoms with Gasteiger partial charge in [-0.3, -0.25) is 9.59 Å². The van der Waals surface area contributed by atoms with Crippen molar-refractivity contribution in [3.8, 4) is 11.5 Å². The number of para-hydroxylation sites is 1. The molecule has 6 nitrogen and oxygen atoms in total. The minimum absolute atomic E-state index is 0.114. The molecule has 0 aliphatic heterocycles. The number of nitrogens with one attached hydrogen (secondary N) is 2. The monoisotopic (exact) mass is 496 g/mol. The standard InChI is InChI=1S/C25H25BrN2O4/c1-16-12-19(26)13-17(2)24(16)32-18(3)25(30)28-21-9-7-8-20(14-21)27-23(29)15-31-22-10-5-4-6-11-22/h4-14,18H,15H2,1-3H3,(H,27,29)(H,28,30). The third-order valence-electron chi connectivity index (χ3n) is 4.62. The summed E-state index contributed by atoms with van der Waals surface area (Å²) in [5, 5.41) is 5.59. The number of hydrogen-bond donors (Lipinski definition) is 2. The number of ether oxygens (including phenoxy) is 2. The third-order valence-corrected chi connectivity index (χ3v) is 5.07. The largest absolute Gasteiger partial charge is 0.484 e. The first kappa shape index (κ1) is 23.3. The predicted molar refractivity (Wildman–Crippen MR) is 129 cm³/mol. The van der Waals surface area contributed by atoms with Crippen LogP contribution in [-0.2, 0) is 9.59 Å². The fourth-order valence-corrected chi connectivity index (χ4v) is 3.78. The number of carbonyl (C=O) groups is 2. The molecule has 1 unspecified atom stereocenters. The van der Waals surface area contributed by atoms with E-state index in [1.807, 2.05) is 44.2 Å². The lowest BCUT2D eigenvalue weighted by molar-refractivity contribution is -0.122. The van der Waals surface area contributed by atoms with Crippen LogP contribution in [0.25, 0.3) is 0 Å². The van der Waals surface area contributed by atoms with E-state index in [4.69, 9.17) is 9.47 Å². The van der Waals surface area contributed by atoms with Gasteiger partial charge < -0.3 is 20.1 Å². The zero-order valence-corrected chi connectivity index (χ0v) is 19.7. The predicted octanol–water partition coefficient (Wildman–Crippen LogP) is 5.49. The van der Waals surface area contributed by atoms with Gasteiger partial charge in [-0.25, -0.2) is 0 Å². The number of benzene rings is 3. The van der Waals surface area contributed by atoms with Crippen LogP contribution >= 0.6 is 15.9 Å². The van der Waals surface area contributed by atoms with Crippen molar-refractivity contribution in [1.29, 1.82) is 0 Å². The Bertz CT molecular complexity index is 1080. The molecule has 1 atom stereocenters. The maximum absolute atomic E-state index is 12.6. The minimum atomic E-state index is -0.703. The highest BCUT2D eigenvalue weighted by Crippen LogP contribution is 2.28. The second-order valence-corrected chi connectivity index (χ2v) is 8.26. The molecule has 166 valence electrons. The fourth-order valence-electron chi connectivity index (χ4n) is 3.09. The molecule has 0 saturated carbocycles. The van der Waals surface area contributed by atoms with Crippen molar-refractivity contribution in [2.24, 2.45) is 0 Å². The normalized spacial score (nSPS) is 11.4. The summed E-state index contributed by atoms with van der Waals surface area (Å²) >= 11 is 3.46. The van der Waals surface area contributed by atoms with Crippen LogP contribution in [0.1, 0.15) is 18.1 Å². The van der Waals surface area contributed by atoms with Gasteiger partial charge in [-0.1, -0.05) is 40.2 Å². The van der Waals surface area contributed by atoms with Crippen LogP contribution in [0.4, 0.5) is 11.4 Å². The second kappa shape index (κ2) is 10.8. The summed E-state index contributed by atoms with van der Waals surface area (Å²) < 4.78 is 12.3. The summed E-state index contributed by atoms with van der Waals surface area (Å²) in [6, 6.07) is 19.9. The Labute approximate surface area is 196 Å². The number of hydrogen-bond acceptors (Lipinski definition) is 4. The van der Waals surface area contributed by atoms with Crippen LogP contribution < -0.4 is 20.1 Å². The first-order valence-electron chi connectivity index (χ1n) is 10.1. The van der Waals surface area contributed by atoms with Crippen molar-refractivity contribution in [2.45, 2.75) is 26.9 Å². The van der Waals surface area contributed by atoms with Crippen LogP contribution in [-0.4, -0.2) is 24.5 Å². The summed E-state index contributed by atoms with van der Waals surface area (Å²) in [7, 11) is 0. The Morgan fingerprint density at radius 1 is 0.906 bits per heavy atom. The van der Waals surface area contributed by atoms with Crippen molar-refractivity contribution in [2.75, 3.05) is 17.2 Å². The highest BCUT2D eigenvalue weighted by Gasteiger charge is 2.18. The number of carbonyl (C=O) groups excluding carboxylic acids is 2. The minimum Gasteiger partial charge on any atom is -0.484 e. The van der Waals surface area contributed by atoms with Crippen molar-refractivity contribution in [3.63, 3.8) is 0 Å². The average Bonchev–Trinajstić information content (AvgIpc) is 2.75. The second-order valence-electron chi connectivity index (χ2n) is 7.35. The molecule has 0 bridgehead atoms. The molecule has 0 heterocycles. The van der Waals surface area contributed by atoms with Gasteiger partial charge >= 0.3 is 0 Å². The van der Waals surface area contributed by atoms with Crippen molar-refractivity contribution in [1.82, 2.24) is 0 Å². The Morgan fingerprint density at radius 3 is 2.19 bits per heavy atom. The zero-order chi connectivity index (χ0) is 23.1. The number of anilines is 2. The highest BCUT2D eigenvalue weighted by atomic mass is 79.9. The molecule has 0 aliphatic rings. The van der Waals surface area contributed by atoms with Gasteiger partial charge in [-0.05, 0) is 74.4 Å². The molecule has 2 amide bonds. The van der Waals surface area contributed by atoms with Crippen molar-refractivity contribution < 1.29 is 19.1 Å². The lowest BCUT2D eigenvalue weighted by Crippen LogP contribution is -2.30. The quantitative estimate of drug-likeness (QED) is 0.432. The van der Waals surface area contributed by atoms with Gasteiger partial charge in [0.05, 0.1) is 0 Å². The van der Waals surface area contributed by atoms with E-state index in [1.54, 1.807) is 43.3 Å². The summed E-state index contributed by atoms with van der Waals surface area (Å²) in [6.45, 7) is 5.46. The third kappa shape index (κ3) is 6.59. The lowest BCUT2D eigenvalue weighted by Gasteiger charge is -2.18. The molecule has 3 aromatic rings. The molecule has 2 N–H and O–H groups in total. The van der Waals surface area contributed by atoms with Gasteiger partial charge in [0, 0.05) is 15.8 Å². The smallest absolute Gasteiger partial charge is 0.265 e. The van der Waals surface area contributed by atoms with Crippen LogP contribution in [0, 0.1) is 13.8 Å². The first-order valence-corrected chi connectivity index (χ1v) is 10.9. The number of rotatable bonds is 8. The highest BCUT2D eigenvalue weighted by molar-refractivity contribution is 9.10. The van der Waals surface area contributed by atoms with E-state index < -0.39 is 6.10 Å². The number of aryl methyl sites for hydroxylation is 2. The Morgan fingerprint density at radius 2 is 1.53 bits per heavy atom. The molecular weight excluding hydrogens is 472 g/mol. The van der Waals surface area contributed by atoms with Crippen molar-refractivity contribution in [3.05, 3.63) is 82.3 Å². The average molecular weight is 497 g/mol. The molecule has 3 aromatic carbocycles. The maximum Gasteiger partial charge on any atom is 0.265 e. The van der Waals surface area contributed by atoms with Crippen molar-refractivity contribution >= 4 is 39.1 Å². The lowest BCUT2D eigenvalue weighted by atomic mass is 10.1. The van der Waals surface area contributed by atoms with Gasteiger partial charge in [0.25, 0.3) is 11.8 Å². The molecule has 0 fully saturated rings. The van der Waals surface area contributed by atoms with Crippen LogP contribution in [0.2, 0.25) is 0 Å². The Hall–Kier alpha value is -3.32. The van der Waals surface area contributed by atoms with E-state index in [0.29, 0.717) is 22.9 Å². The first-order chi connectivity index (χ1) is 15.3. The fraction of sp³-hybridized carbons (Fsp3) is 0.200. The summed E-state index contributed by atoms with van der Waals surface area (Å²) in [5.41, 5.74) is 2.99. The van der Waals surface area contributed by atoms with Crippen LogP contribution in [0.5, 0.6) is 11.5 Å². The van der Waals surface area contributed by atoms with E-state index >= 15 is 0 Å². The van der Waals surface area contributed by atoms with E-state index in [0.717, 1.165) is 15.6 Å². The molecular formula is C25H25BrN2O4. The molecule has 32 heavy (non-hydrogen) atoms. The van der Waals surface area contributed by atoms with Gasteiger partial charge in [0.15, 0.2) is 12.7 Å². The number of halogens is 1. The SMILES string of the molecule is Cc1cc(Br)cc(C)c1OC(C)C(=O)Nc1cccc(NC(=O)COc2ccccc2)c1. The topological polar surface area (TPSA) is 76.7 Å². The molecule has 0 saturated heterocycles. The van der Waals surface area contributed by atoms with Crippen LogP contribution in [0.15, 0.2) is 71.2 Å². The Balaban J connectivity index is 1.56. The molecule has 3 rings (SSSR count). The molecule has 0 aliphatic carbocycles. The molecule has 0 aromatic heterocycles. The van der Waals surface area contributed by atoms with Gasteiger partial charge in [-0.2, -0.15) is 0 Å². The van der Waals surface area contributed by atoms with E-state index in [-0.39, 0.29) is 18.4 Å². The Kier molecular flexibility index (Phi) is 7.89. The summed E-state index contributed by atoms with van der Waals surface area (Å²) in [4.78, 5) is 24.8. The van der Waals surface area contributed by atoms with Gasteiger partial charge in [0.1, 0.15) is 11.5 Å².